The van der Waals surface area contributed by atoms with Crippen molar-refractivity contribution in [2.75, 3.05) is 13.1 Å². The lowest BCUT2D eigenvalue weighted by atomic mass is 10.0. The van der Waals surface area contributed by atoms with Gasteiger partial charge < -0.3 is 9.88 Å². The van der Waals surface area contributed by atoms with Crippen LogP contribution in [0, 0.1) is 12.8 Å². The Morgan fingerprint density at radius 2 is 2.16 bits per heavy atom. The second-order valence-electron chi connectivity index (χ2n) is 5.45. The Morgan fingerprint density at radius 3 is 2.89 bits per heavy atom. The molecule has 1 fully saturated rings. The number of hydrogen-bond donors (Lipinski definition) is 1. The monoisotopic (exact) mass is 255 g/mol. The van der Waals surface area contributed by atoms with Gasteiger partial charge >= 0.3 is 0 Å². The molecule has 19 heavy (non-hydrogen) atoms. The standard InChI is InChI=1S/C16H21N3/c1-13-10-18-16(9-15-7-8-17-11-15)19(13)12-14-5-3-2-4-6-14/h2-6,10,15,17H,7-9,11-12H2,1H3/t15-/m1/s1. The molecule has 1 aromatic heterocycles. The van der Waals surface area contributed by atoms with Gasteiger partial charge in [-0.1, -0.05) is 30.3 Å². The van der Waals surface area contributed by atoms with Gasteiger partial charge in [-0.3, -0.25) is 0 Å². The van der Waals surface area contributed by atoms with E-state index >= 15 is 0 Å². The van der Waals surface area contributed by atoms with Gasteiger partial charge in [0.1, 0.15) is 5.82 Å². The Bertz CT molecular complexity index is 524. The van der Waals surface area contributed by atoms with Crippen LogP contribution in [0.3, 0.4) is 0 Å². The van der Waals surface area contributed by atoms with Gasteiger partial charge in [0.15, 0.2) is 0 Å². The molecule has 0 amide bonds. The maximum Gasteiger partial charge on any atom is 0.109 e. The zero-order chi connectivity index (χ0) is 13.1. The van der Waals surface area contributed by atoms with Gasteiger partial charge in [0.05, 0.1) is 0 Å². The van der Waals surface area contributed by atoms with Crippen molar-refractivity contribution >= 4 is 0 Å². The number of benzene rings is 1. The zero-order valence-corrected chi connectivity index (χ0v) is 11.5. The highest BCUT2D eigenvalue weighted by molar-refractivity contribution is 5.17. The third kappa shape index (κ3) is 2.87. The van der Waals surface area contributed by atoms with Crippen LogP contribution in [0.1, 0.15) is 23.5 Å². The molecule has 3 nitrogen and oxygen atoms in total. The van der Waals surface area contributed by atoms with Gasteiger partial charge in [0.25, 0.3) is 0 Å². The van der Waals surface area contributed by atoms with E-state index in [-0.39, 0.29) is 0 Å². The van der Waals surface area contributed by atoms with Gasteiger partial charge in [-0.05, 0) is 37.9 Å². The molecule has 1 aliphatic rings. The highest BCUT2D eigenvalue weighted by Gasteiger charge is 2.18. The molecule has 3 heteroatoms. The van der Waals surface area contributed by atoms with E-state index in [0.29, 0.717) is 0 Å². The number of imidazole rings is 1. The quantitative estimate of drug-likeness (QED) is 0.909. The molecule has 0 aliphatic carbocycles. The lowest BCUT2D eigenvalue weighted by Crippen LogP contribution is -2.14. The minimum Gasteiger partial charge on any atom is -0.328 e. The fourth-order valence-electron chi connectivity index (χ4n) is 2.80. The first-order chi connectivity index (χ1) is 9.33. The largest absolute Gasteiger partial charge is 0.328 e. The third-order valence-corrected chi connectivity index (χ3v) is 3.95. The average Bonchev–Trinajstić information content (AvgIpc) is 3.05. The van der Waals surface area contributed by atoms with Crippen LogP contribution in [0.4, 0.5) is 0 Å². The highest BCUT2D eigenvalue weighted by atomic mass is 15.1. The molecular weight excluding hydrogens is 234 g/mol. The van der Waals surface area contributed by atoms with Gasteiger partial charge in [-0.15, -0.1) is 0 Å². The lowest BCUT2D eigenvalue weighted by molar-refractivity contribution is 0.540. The molecule has 0 unspecified atom stereocenters. The summed E-state index contributed by atoms with van der Waals surface area (Å²) in [5.74, 6) is 1.98. The maximum atomic E-state index is 4.61. The molecule has 3 rings (SSSR count). The van der Waals surface area contributed by atoms with E-state index in [1.165, 1.54) is 23.5 Å². The van der Waals surface area contributed by atoms with Crippen LogP contribution in [-0.2, 0) is 13.0 Å². The Hall–Kier alpha value is -1.61. The average molecular weight is 255 g/mol. The first kappa shape index (κ1) is 12.4. The fraction of sp³-hybridized carbons (Fsp3) is 0.438. The second kappa shape index (κ2) is 5.57. The summed E-state index contributed by atoms with van der Waals surface area (Å²) in [5, 5.41) is 3.43. The van der Waals surface area contributed by atoms with Gasteiger partial charge in [-0.2, -0.15) is 0 Å². The van der Waals surface area contributed by atoms with E-state index in [9.17, 15) is 0 Å². The molecule has 2 aromatic rings. The van der Waals surface area contributed by atoms with Crippen molar-refractivity contribution in [3.05, 3.63) is 53.6 Å². The highest BCUT2D eigenvalue weighted by Crippen LogP contribution is 2.17. The third-order valence-electron chi connectivity index (χ3n) is 3.95. The van der Waals surface area contributed by atoms with Gasteiger partial charge in [0, 0.05) is 24.9 Å². The van der Waals surface area contributed by atoms with E-state index < -0.39 is 0 Å². The Kier molecular flexibility index (Phi) is 3.65. The summed E-state index contributed by atoms with van der Waals surface area (Å²) in [7, 11) is 0. The van der Waals surface area contributed by atoms with Crippen molar-refractivity contribution in [3.8, 4) is 0 Å². The van der Waals surface area contributed by atoms with Gasteiger partial charge in [0.2, 0.25) is 0 Å². The van der Waals surface area contributed by atoms with Crippen LogP contribution in [0.2, 0.25) is 0 Å². The Morgan fingerprint density at radius 1 is 1.32 bits per heavy atom. The van der Waals surface area contributed by atoms with Crippen LogP contribution >= 0.6 is 0 Å². The molecule has 1 N–H and O–H groups in total. The molecule has 0 saturated carbocycles. The molecule has 1 saturated heterocycles. The van der Waals surface area contributed by atoms with Crippen molar-refractivity contribution in [3.63, 3.8) is 0 Å². The molecular formula is C16H21N3. The second-order valence-corrected chi connectivity index (χ2v) is 5.45. The molecule has 1 aromatic carbocycles. The van der Waals surface area contributed by atoms with E-state index in [0.717, 1.165) is 32.0 Å². The predicted molar refractivity (Wildman–Crippen MR) is 77.2 cm³/mol. The number of nitrogens with zero attached hydrogens (tertiary/aromatic N) is 2. The summed E-state index contributed by atoms with van der Waals surface area (Å²) in [6, 6.07) is 10.6. The van der Waals surface area contributed by atoms with Crippen LogP contribution in [0.25, 0.3) is 0 Å². The summed E-state index contributed by atoms with van der Waals surface area (Å²) >= 11 is 0. The van der Waals surface area contributed by atoms with E-state index in [2.05, 4.69) is 52.1 Å². The van der Waals surface area contributed by atoms with Crippen molar-refractivity contribution < 1.29 is 0 Å². The number of rotatable bonds is 4. The number of aromatic nitrogens is 2. The molecule has 1 aliphatic heterocycles. The van der Waals surface area contributed by atoms with Crippen molar-refractivity contribution in [1.29, 1.82) is 0 Å². The minimum atomic E-state index is 0.747. The van der Waals surface area contributed by atoms with Crippen LogP contribution < -0.4 is 5.32 Å². The Balaban J connectivity index is 1.78. The summed E-state index contributed by atoms with van der Waals surface area (Å²) in [6.07, 6.45) is 4.37. The molecule has 2 heterocycles. The maximum absolute atomic E-state index is 4.61. The van der Waals surface area contributed by atoms with Crippen molar-refractivity contribution in [1.82, 2.24) is 14.9 Å². The normalized spacial score (nSPS) is 18.9. The van der Waals surface area contributed by atoms with E-state index in [1.807, 2.05) is 6.20 Å². The Labute approximate surface area is 114 Å². The molecule has 1 atom stereocenters. The van der Waals surface area contributed by atoms with Crippen LogP contribution in [0.5, 0.6) is 0 Å². The van der Waals surface area contributed by atoms with E-state index in [1.54, 1.807) is 0 Å². The van der Waals surface area contributed by atoms with E-state index in [4.69, 9.17) is 0 Å². The summed E-state index contributed by atoms with van der Waals surface area (Å²) in [5.41, 5.74) is 2.60. The van der Waals surface area contributed by atoms with Crippen molar-refractivity contribution in [2.45, 2.75) is 26.3 Å². The SMILES string of the molecule is Cc1cnc(C[C@H]2CCNC2)n1Cc1ccccc1. The predicted octanol–water partition coefficient (Wildman–Crippen LogP) is 2.39. The summed E-state index contributed by atoms with van der Waals surface area (Å²) < 4.78 is 2.35. The van der Waals surface area contributed by atoms with Gasteiger partial charge in [-0.25, -0.2) is 4.98 Å². The first-order valence-electron chi connectivity index (χ1n) is 7.08. The van der Waals surface area contributed by atoms with Crippen LogP contribution in [-0.4, -0.2) is 22.6 Å². The molecule has 100 valence electrons. The van der Waals surface area contributed by atoms with Crippen molar-refractivity contribution in [2.24, 2.45) is 5.92 Å². The first-order valence-corrected chi connectivity index (χ1v) is 7.08. The summed E-state index contributed by atoms with van der Waals surface area (Å²) in [6.45, 7) is 5.37. The van der Waals surface area contributed by atoms with Crippen LogP contribution in [0.15, 0.2) is 36.5 Å². The lowest BCUT2D eigenvalue weighted by Gasteiger charge is -2.13. The molecule has 0 radical (unpaired) electrons. The number of nitrogens with one attached hydrogen (secondary N) is 1. The fourth-order valence-corrected chi connectivity index (χ4v) is 2.80. The molecule has 0 spiro atoms. The number of aryl methyl sites for hydroxylation is 1. The zero-order valence-electron chi connectivity index (χ0n) is 11.5. The summed E-state index contributed by atoms with van der Waals surface area (Å²) in [4.78, 5) is 4.61. The number of hydrogen-bond acceptors (Lipinski definition) is 2. The smallest absolute Gasteiger partial charge is 0.109 e. The molecule has 0 bridgehead atoms. The minimum absolute atomic E-state index is 0.747. The topological polar surface area (TPSA) is 29.9 Å².